The molecule has 0 saturated carbocycles. The molecule has 0 atom stereocenters. The van der Waals surface area contributed by atoms with Gasteiger partial charge in [-0.1, -0.05) is 47.6 Å². The predicted molar refractivity (Wildman–Crippen MR) is 141 cm³/mol. The smallest absolute Gasteiger partial charge is 0.271 e. The third kappa shape index (κ3) is 5.41. The highest BCUT2D eigenvalue weighted by molar-refractivity contribution is 7.09. The van der Waals surface area contributed by atoms with E-state index in [1.165, 1.54) is 11.3 Å². The number of carbonyl (C=O) groups is 2. The number of aromatic nitrogens is 2. The van der Waals surface area contributed by atoms with Crippen molar-refractivity contribution in [1.29, 1.82) is 0 Å². The summed E-state index contributed by atoms with van der Waals surface area (Å²) in [6.07, 6.45) is 1.58. The third-order valence-corrected chi connectivity index (χ3v) is 7.63. The Morgan fingerprint density at radius 1 is 1.11 bits per heavy atom. The van der Waals surface area contributed by atoms with Gasteiger partial charge in [0.2, 0.25) is 0 Å². The van der Waals surface area contributed by atoms with Crippen molar-refractivity contribution in [2.24, 2.45) is 0 Å². The van der Waals surface area contributed by atoms with Crippen LogP contribution in [0, 0.1) is 6.92 Å². The van der Waals surface area contributed by atoms with E-state index >= 15 is 0 Å². The van der Waals surface area contributed by atoms with Gasteiger partial charge in [0, 0.05) is 36.5 Å². The van der Waals surface area contributed by atoms with E-state index in [2.05, 4.69) is 15.5 Å². The Bertz CT molecular complexity index is 1370. The number of nitrogens with zero attached hydrogens (tertiary/aromatic N) is 3. The first-order valence-corrected chi connectivity index (χ1v) is 13.1. The summed E-state index contributed by atoms with van der Waals surface area (Å²) in [6.45, 7) is 3.42. The number of hydrogen-bond acceptors (Lipinski definition) is 7. The standard InChI is InChI=1S/C28H28N4O4S/c1-18-24(25(31-36-18)20-6-4-3-5-7-20)28(34)32-14-12-21(13-15-32)27-30-23(17-37-27)26(33)29-16-19-8-10-22(35-2)11-9-19/h3-11,17,21H,12-16H2,1-2H3,(H,29,33). The van der Waals surface area contributed by atoms with Crippen LogP contribution < -0.4 is 10.1 Å². The number of aryl methyl sites for hydroxylation is 1. The zero-order valence-corrected chi connectivity index (χ0v) is 21.6. The van der Waals surface area contributed by atoms with Crippen LogP contribution in [0.2, 0.25) is 0 Å². The molecule has 5 rings (SSSR count). The number of ether oxygens (including phenoxy) is 1. The van der Waals surface area contributed by atoms with Gasteiger partial charge in [0.1, 0.15) is 28.5 Å². The van der Waals surface area contributed by atoms with Crippen molar-refractivity contribution in [3.05, 3.63) is 87.6 Å². The summed E-state index contributed by atoms with van der Waals surface area (Å²) < 4.78 is 10.6. The van der Waals surface area contributed by atoms with Gasteiger partial charge in [-0.2, -0.15) is 0 Å². The van der Waals surface area contributed by atoms with Gasteiger partial charge in [-0.15, -0.1) is 11.3 Å². The zero-order valence-electron chi connectivity index (χ0n) is 20.8. The fraction of sp³-hybridized carbons (Fsp3) is 0.286. The Kier molecular flexibility index (Phi) is 7.32. The lowest BCUT2D eigenvalue weighted by atomic mass is 9.96. The third-order valence-electron chi connectivity index (χ3n) is 6.62. The molecule has 0 aliphatic carbocycles. The molecule has 3 heterocycles. The second kappa shape index (κ2) is 11.0. The van der Waals surface area contributed by atoms with Crippen molar-refractivity contribution < 1.29 is 18.8 Å². The van der Waals surface area contributed by atoms with Gasteiger partial charge in [0.25, 0.3) is 11.8 Å². The molecule has 2 aromatic carbocycles. The molecule has 9 heteroatoms. The summed E-state index contributed by atoms with van der Waals surface area (Å²) in [5.74, 6) is 1.27. The molecule has 0 bridgehead atoms. The number of benzene rings is 2. The molecule has 190 valence electrons. The molecule has 1 saturated heterocycles. The summed E-state index contributed by atoms with van der Waals surface area (Å²) >= 11 is 1.50. The maximum atomic E-state index is 13.4. The number of methoxy groups -OCH3 is 1. The van der Waals surface area contributed by atoms with Crippen molar-refractivity contribution >= 4 is 23.2 Å². The van der Waals surface area contributed by atoms with E-state index in [4.69, 9.17) is 9.26 Å². The van der Waals surface area contributed by atoms with Gasteiger partial charge in [0.15, 0.2) is 0 Å². The number of piperidine rings is 1. The minimum atomic E-state index is -0.192. The van der Waals surface area contributed by atoms with Gasteiger partial charge in [-0.3, -0.25) is 9.59 Å². The molecule has 1 fully saturated rings. The molecular weight excluding hydrogens is 488 g/mol. The SMILES string of the molecule is COc1ccc(CNC(=O)c2csc(C3CCN(C(=O)c4c(-c5ccccc5)noc4C)CC3)n2)cc1. The number of thiazole rings is 1. The Hall–Kier alpha value is -3.98. The molecular formula is C28H28N4O4S. The molecule has 1 aliphatic rings. The summed E-state index contributed by atoms with van der Waals surface area (Å²) in [5.41, 5.74) is 3.38. The molecule has 4 aromatic rings. The van der Waals surface area contributed by atoms with Gasteiger partial charge < -0.3 is 19.5 Å². The van der Waals surface area contributed by atoms with Crippen molar-refractivity contribution in [3.8, 4) is 17.0 Å². The van der Waals surface area contributed by atoms with Crippen molar-refractivity contribution in [2.75, 3.05) is 20.2 Å². The van der Waals surface area contributed by atoms with Crippen LogP contribution in [0.5, 0.6) is 5.75 Å². The van der Waals surface area contributed by atoms with Crippen molar-refractivity contribution in [1.82, 2.24) is 20.4 Å². The van der Waals surface area contributed by atoms with E-state index in [1.54, 1.807) is 14.0 Å². The highest BCUT2D eigenvalue weighted by Gasteiger charge is 2.30. The normalized spacial score (nSPS) is 13.9. The quantitative estimate of drug-likeness (QED) is 0.369. The molecule has 1 N–H and O–H groups in total. The summed E-state index contributed by atoms with van der Waals surface area (Å²) in [5, 5.41) is 9.83. The second-order valence-corrected chi connectivity index (χ2v) is 9.89. The first-order chi connectivity index (χ1) is 18.0. The lowest BCUT2D eigenvalue weighted by Crippen LogP contribution is -2.38. The minimum Gasteiger partial charge on any atom is -0.497 e. The van der Waals surface area contributed by atoms with Crippen LogP contribution in [0.4, 0.5) is 0 Å². The Morgan fingerprint density at radius 3 is 2.54 bits per heavy atom. The highest BCUT2D eigenvalue weighted by atomic mass is 32.1. The molecule has 2 amide bonds. The Balaban J connectivity index is 1.18. The minimum absolute atomic E-state index is 0.0613. The average Bonchev–Trinajstić information content (AvgIpc) is 3.60. The van der Waals surface area contributed by atoms with Gasteiger partial charge in [0.05, 0.1) is 12.1 Å². The largest absolute Gasteiger partial charge is 0.497 e. The predicted octanol–water partition coefficient (Wildman–Crippen LogP) is 5.06. The molecule has 37 heavy (non-hydrogen) atoms. The monoisotopic (exact) mass is 516 g/mol. The van der Waals surface area contributed by atoms with Crippen LogP contribution in [-0.4, -0.2) is 47.1 Å². The molecule has 0 unspecified atom stereocenters. The van der Waals surface area contributed by atoms with Gasteiger partial charge >= 0.3 is 0 Å². The number of hydrogen-bond donors (Lipinski definition) is 1. The summed E-state index contributed by atoms with van der Waals surface area (Å²) in [6, 6.07) is 17.2. The van der Waals surface area contributed by atoms with E-state index in [-0.39, 0.29) is 17.7 Å². The molecule has 8 nitrogen and oxygen atoms in total. The zero-order chi connectivity index (χ0) is 25.8. The Morgan fingerprint density at radius 2 is 1.84 bits per heavy atom. The summed E-state index contributed by atoms with van der Waals surface area (Å²) in [7, 11) is 1.62. The average molecular weight is 517 g/mol. The van der Waals surface area contributed by atoms with Crippen molar-refractivity contribution in [2.45, 2.75) is 32.2 Å². The summed E-state index contributed by atoms with van der Waals surface area (Å²) in [4.78, 5) is 32.5. The van der Waals surface area contributed by atoms with E-state index in [9.17, 15) is 9.59 Å². The van der Waals surface area contributed by atoms with E-state index < -0.39 is 0 Å². The molecule has 0 spiro atoms. The molecule has 2 aromatic heterocycles. The van der Waals surface area contributed by atoms with Gasteiger partial charge in [-0.05, 0) is 37.5 Å². The number of nitrogens with one attached hydrogen (secondary N) is 1. The first-order valence-electron chi connectivity index (χ1n) is 12.2. The maximum Gasteiger partial charge on any atom is 0.271 e. The molecule has 0 radical (unpaired) electrons. The first kappa shape index (κ1) is 24.7. The molecule has 1 aliphatic heterocycles. The van der Waals surface area contributed by atoms with Crippen LogP contribution in [0.1, 0.15) is 55.9 Å². The van der Waals surface area contributed by atoms with Crippen LogP contribution in [0.15, 0.2) is 64.5 Å². The fourth-order valence-corrected chi connectivity index (χ4v) is 5.47. The Labute approximate surface area is 219 Å². The lowest BCUT2D eigenvalue weighted by molar-refractivity contribution is 0.0711. The van der Waals surface area contributed by atoms with Gasteiger partial charge in [-0.25, -0.2) is 4.98 Å². The van der Waals surface area contributed by atoms with Crippen LogP contribution in [-0.2, 0) is 6.54 Å². The van der Waals surface area contributed by atoms with Crippen LogP contribution >= 0.6 is 11.3 Å². The number of carbonyl (C=O) groups excluding carboxylic acids is 2. The van der Waals surface area contributed by atoms with E-state index in [0.717, 1.165) is 34.7 Å². The van der Waals surface area contributed by atoms with Crippen molar-refractivity contribution in [3.63, 3.8) is 0 Å². The number of likely N-dealkylation sites (tertiary alicyclic amines) is 1. The maximum absolute atomic E-state index is 13.4. The van der Waals surface area contributed by atoms with E-state index in [0.29, 0.717) is 42.3 Å². The van der Waals surface area contributed by atoms with Crippen LogP contribution in [0.3, 0.4) is 0 Å². The fourth-order valence-electron chi connectivity index (χ4n) is 4.50. The second-order valence-electron chi connectivity index (χ2n) is 9.00. The number of rotatable bonds is 7. The topological polar surface area (TPSA) is 97.6 Å². The lowest BCUT2D eigenvalue weighted by Gasteiger charge is -2.31. The van der Waals surface area contributed by atoms with Crippen LogP contribution in [0.25, 0.3) is 11.3 Å². The van der Waals surface area contributed by atoms with E-state index in [1.807, 2.05) is 64.9 Å². The number of amides is 2. The highest BCUT2D eigenvalue weighted by Crippen LogP contribution is 2.33.